The first-order valence-corrected chi connectivity index (χ1v) is 5.64. The zero-order chi connectivity index (χ0) is 14.0. The van der Waals surface area contributed by atoms with E-state index in [4.69, 9.17) is 9.52 Å². The number of pyridine rings is 1. The number of aromatic carboxylic acids is 1. The molecule has 98 valence electrons. The lowest BCUT2D eigenvalue weighted by Gasteiger charge is -2.00. The lowest BCUT2D eigenvalue weighted by atomic mass is 10.3. The second kappa shape index (κ2) is 5.02. The number of nitro groups is 1. The van der Waals surface area contributed by atoms with Crippen LogP contribution >= 0.6 is 11.8 Å². The van der Waals surface area contributed by atoms with E-state index in [2.05, 4.69) is 15.2 Å². The maximum Gasteiger partial charge on any atom is 0.337 e. The number of carbonyl (C=O) groups is 1. The molecule has 0 saturated carbocycles. The molecule has 0 aliphatic heterocycles. The maximum absolute atomic E-state index is 10.9. The summed E-state index contributed by atoms with van der Waals surface area (Å²) < 4.78 is 5.06. The highest BCUT2D eigenvalue weighted by Crippen LogP contribution is 2.32. The SMILES string of the molecule is Cc1nnc(Sc2ncc(C(=O)O)cc2[N+](=O)[O-])o1. The number of rotatable bonds is 4. The topological polar surface area (TPSA) is 132 Å². The van der Waals surface area contributed by atoms with Gasteiger partial charge in [0.1, 0.15) is 0 Å². The summed E-state index contributed by atoms with van der Waals surface area (Å²) in [7, 11) is 0. The normalized spacial score (nSPS) is 10.4. The summed E-state index contributed by atoms with van der Waals surface area (Å²) >= 11 is 0.798. The molecule has 0 fully saturated rings. The van der Waals surface area contributed by atoms with Gasteiger partial charge in [0.2, 0.25) is 5.89 Å². The number of nitrogens with zero attached hydrogens (tertiary/aromatic N) is 4. The van der Waals surface area contributed by atoms with Crippen molar-refractivity contribution in [2.45, 2.75) is 17.2 Å². The number of aromatic nitrogens is 3. The first kappa shape index (κ1) is 13.0. The van der Waals surface area contributed by atoms with Gasteiger partial charge in [0.25, 0.3) is 5.22 Å². The second-order valence-corrected chi connectivity index (χ2v) is 4.24. The molecule has 0 atom stereocenters. The van der Waals surface area contributed by atoms with E-state index in [0.717, 1.165) is 24.0 Å². The van der Waals surface area contributed by atoms with Crippen molar-refractivity contribution >= 4 is 23.4 Å². The Morgan fingerprint density at radius 3 is 2.79 bits per heavy atom. The minimum absolute atomic E-state index is 0.0151. The fraction of sp³-hybridized carbons (Fsp3) is 0.111. The molecule has 0 amide bonds. The van der Waals surface area contributed by atoms with Gasteiger partial charge in [0.15, 0.2) is 5.03 Å². The van der Waals surface area contributed by atoms with E-state index in [-0.39, 0.29) is 15.8 Å². The third kappa shape index (κ3) is 2.85. The largest absolute Gasteiger partial charge is 0.478 e. The fourth-order valence-corrected chi connectivity index (χ4v) is 1.92. The zero-order valence-corrected chi connectivity index (χ0v) is 10.2. The molecule has 10 heteroatoms. The van der Waals surface area contributed by atoms with Gasteiger partial charge in [-0.1, -0.05) is 0 Å². The third-order valence-electron chi connectivity index (χ3n) is 1.97. The predicted octanol–water partition coefficient (Wildman–Crippen LogP) is 1.53. The van der Waals surface area contributed by atoms with Crippen LogP contribution in [0.1, 0.15) is 16.2 Å². The molecule has 0 aliphatic rings. The van der Waals surface area contributed by atoms with E-state index < -0.39 is 16.6 Å². The molecule has 0 spiro atoms. The molecular formula is C9H6N4O5S. The van der Waals surface area contributed by atoms with Crippen LogP contribution in [0.15, 0.2) is 26.9 Å². The van der Waals surface area contributed by atoms with E-state index in [1.165, 1.54) is 0 Å². The Balaban J connectivity index is 2.39. The van der Waals surface area contributed by atoms with Crippen molar-refractivity contribution in [1.29, 1.82) is 0 Å². The monoisotopic (exact) mass is 282 g/mol. The minimum atomic E-state index is -1.29. The van der Waals surface area contributed by atoms with E-state index in [1.807, 2.05) is 0 Å². The van der Waals surface area contributed by atoms with Gasteiger partial charge in [-0.3, -0.25) is 10.1 Å². The summed E-state index contributed by atoms with van der Waals surface area (Å²) in [5, 5.41) is 27.0. The number of carboxylic acids is 1. The van der Waals surface area contributed by atoms with E-state index in [1.54, 1.807) is 6.92 Å². The Hall–Kier alpha value is -2.49. The van der Waals surface area contributed by atoms with Gasteiger partial charge in [0.05, 0.1) is 10.5 Å². The predicted molar refractivity (Wildman–Crippen MR) is 61.0 cm³/mol. The maximum atomic E-state index is 10.9. The standard InChI is InChI=1S/C9H6N4O5S/c1-4-11-12-9(18-4)19-7-6(13(16)17)2-5(3-10-7)8(14)15/h2-3H,1H3,(H,14,15). The van der Waals surface area contributed by atoms with Crippen molar-refractivity contribution in [3.63, 3.8) is 0 Å². The molecule has 0 saturated heterocycles. The average molecular weight is 282 g/mol. The molecule has 2 aromatic rings. The second-order valence-electron chi connectivity index (χ2n) is 3.30. The molecule has 0 unspecified atom stereocenters. The molecular weight excluding hydrogens is 276 g/mol. The lowest BCUT2D eigenvalue weighted by Crippen LogP contribution is -2.01. The summed E-state index contributed by atoms with van der Waals surface area (Å²) in [6.45, 7) is 1.58. The summed E-state index contributed by atoms with van der Waals surface area (Å²) in [4.78, 5) is 24.6. The van der Waals surface area contributed by atoms with Crippen molar-refractivity contribution in [2.75, 3.05) is 0 Å². The summed E-state index contributed by atoms with van der Waals surface area (Å²) in [5.74, 6) is -0.979. The highest BCUT2D eigenvalue weighted by atomic mass is 32.2. The van der Waals surface area contributed by atoms with Crippen molar-refractivity contribution < 1.29 is 19.2 Å². The van der Waals surface area contributed by atoms with E-state index in [9.17, 15) is 14.9 Å². The van der Waals surface area contributed by atoms with Crippen LogP contribution in [0.5, 0.6) is 0 Å². The molecule has 19 heavy (non-hydrogen) atoms. The Kier molecular flexibility index (Phi) is 3.42. The van der Waals surface area contributed by atoms with Crippen LogP contribution in [0, 0.1) is 17.0 Å². The van der Waals surface area contributed by atoms with Crippen LogP contribution in [0.2, 0.25) is 0 Å². The first-order chi connectivity index (χ1) is 8.97. The van der Waals surface area contributed by atoms with E-state index >= 15 is 0 Å². The summed E-state index contributed by atoms with van der Waals surface area (Å²) in [6.07, 6.45) is 1.03. The fourth-order valence-electron chi connectivity index (χ4n) is 1.17. The summed E-state index contributed by atoms with van der Waals surface area (Å²) in [5.41, 5.74) is -0.696. The van der Waals surface area contributed by atoms with Gasteiger partial charge >= 0.3 is 11.7 Å². The van der Waals surface area contributed by atoms with Gasteiger partial charge in [-0.2, -0.15) is 0 Å². The lowest BCUT2D eigenvalue weighted by molar-refractivity contribution is -0.388. The molecule has 0 aliphatic carbocycles. The van der Waals surface area contributed by atoms with Crippen LogP contribution in [0.25, 0.3) is 0 Å². The molecule has 2 rings (SSSR count). The zero-order valence-electron chi connectivity index (χ0n) is 9.43. The number of hydrogen-bond acceptors (Lipinski definition) is 8. The highest BCUT2D eigenvalue weighted by Gasteiger charge is 2.21. The van der Waals surface area contributed by atoms with Crippen LogP contribution in [-0.2, 0) is 0 Å². The van der Waals surface area contributed by atoms with Gasteiger partial charge in [-0.25, -0.2) is 9.78 Å². The summed E-state index contributed by atoms with van der Waals surface area (Å²) in [6, 6.07) is 0.931. The molecule has 0 radical (unpaired) electrons. The quantitative estimate of drug-likeness (QED) is 0.654. The Bertz CT molecular complexity index is 656. The van der Waals surface area contributed by atoms with Crippen LogP contribution in [0.4, 0.5) is 5.69 Å². The van der Waals surface area contributed by atoms with Crippen LogP contribution in [0.3, 0.4) is 0 Å². The van der Waals surface area contributed by atoms with Crippen molar-refractivity contribution in [3.8, 4) is 0 Å². The Morgan fingerprint density at radius 1 is 1.53 bits per heavy atom. The van der Waals surface area contributed by atoms with Crippen LogP contribution in [-0.4, -0.2) is 31.2 Å². The number of carboxylic acid groups (broad SMARTS) is 1. The first-order valence-electron chi connectivity index (χ1n) is 4.83. The molecule has 0 bridgehead atoms. The van der Waals surface area contributed by atoms with Crippen molar-refractivity contribution in [2.24, 2.45) is 0 Å². The van der Waals surface area contributed by atoms with Crippen molar-refractivity contribution in [3.05, 3.63) is 33.8 Å². The van der Waals surface area contributed by atoms with Gasteiger partial charge < -0.3 is 9.52 Å². The number of aryl methyl sites for hydroxylation is 1. The molecule has 2 heterocycles. The Labute approximate surface area is 109 Å². The molecule has 2 aromatic heterocycles. The Morgan fingerprint density at radius 2 is 2.26 bits per heavy atom. The van der Waals surface area contributed by atoms with Gasteiger partial charge in [0, 0.05) is 19.2 Å². The molecule has 1 N–H and O–H groups in total. The smallest absolute Gasteiger partial charge is 0.337 e. The number of hydrogen-bond donors (Lipinski definition) is 1. The highest BCUT2D eigenvalue weighted by molar-refractivity contribution is 7.99. The van der Waals surface area contributed by atoms with Gasteiger partial charge in [-0.15, -0.1) is 10.2 Å². The third-order valence-corrected chi connectivity index (χ3v) is 2.81. The molecule has 0 aromatic carbocycles. The van der Waals surface area contributed by atoms with Gasteiger partial charge in [-0.05, 0) is 11.8 Å². The average Bonchev–Trinajstić information content (AvgIpc) is 2.74. The van der Waals surface area contributed by atoms with E-state index in [0.29, 0.717) is 5.89 Å². The minimum Gasteiger partial charge on any atom is -0.478 e. The molecule has 9 nitrogen and oxygen atoms in total. The van der Waals surface area contributed by atoms with Crippen molar-refractivity contribution in [1.82, 2.24) is 15.2 Å². The van der Waals surface area contributed by atoms with Crippen LogP contribution < -0.4 is 0 Å².